The van der Waals surface area contributed by atoms with E-state index in [-0.39, 0.29) is 6.61 Å². The average Bonchev–Trinajstić information content (AvgIpc) is 2.28. The number of hydrogen-bond acceptors (Lipinski definition) is 2. The summed E-state index contributed by atoms with van der Waals surface area (Å²) in [5.74, 6) is 0.686. The zero-order valence-corrected chi connectivity index (χ0v) is 10.1. The van der Waals surface area contributed by atoms with Crippen LogP contribution >= 0.6 is 15.9 Å². The minimum Gasteiger partial charge on any atom is -0.478 e. The number of nitrogens with zero attached hydrogens (tertiary/aromatic N) is 1. The molecular formula is C13H9BrNO. The Morgan fingerprint density at radius 3 is 2.88 bits per heavy atom. The lowest BCUT2D eigenvalue weighted by atomic mass is 10.1. The van der Waals surface area contributed by atoms with Gasteiger partial charge in [-0.1, -0.05) is 24.3 Å². The molecule has 2 aromatic rings. The van der Waals surface area contributed by atoms with Gasteiger partial charge in [-0.3, -0.25) is 0 Å². The van der Waals surface area contributed by atoms with E-state index in [1.54, 1.807) is 0 Å². The molecule has 0 N–H and O–H groups in total. The Hall–Kier alpha value is -1.53. The van der Waals surface area contributed by atoms with Crippen molar-refractivity contribution in [1.82, 2.24) is 0 Å². The monoisotopic (exact) mass is 274 g/mol. The van der Waals surface area contributed by atoms with Gasteiger partial charge in [0.1, 0.15) is 11.8 Å². The van der Waals surface area contributed by atoms with Crippen molar-refractivity contribution < 1.29 is 4.74 Å². The van der Waals surface area contributed by atoms with Crippen molar-refractivity contribution in [2.24, 2.45) is 0 Å². The molecule has 0 saturated heterocycles. The normalized spacial score (nSPS) is 10.1. The van der Waals surface area contributed by atoms with Gasteiger partial charge in [0.25, 0.3) is 0 Å². The van der Waals surface area contributed by atoms with E-state index in [4.69, 9.17) is 10.00 Å². The van der Waals surface area contributed by atoms with Crippen LogP contribution in [0.4, 0.5) is 0 Å². The summed E-state index contributed by atoms with van der Waals surface area (Å²) in [6.45, 7) is 3.94. The van der Waals surface area contributed by atoms with E-state index in [2.05, 4.69) is 22.9 Å². The lowest BCUT2D eigenvalue weighted by Crippen LogP contribution is -1.94. The maximum absolute atomic E-state index is 8.47. The highest BCUT2D eigenvalue weighted by molar-refractivity contribution is 9.10. The van der Waals surface area contributed by atoms with Gasteiger partial charge in [-0.25, -0.2) is 0 Å². The molecule has 3 heteroatoms. The molecule has 0 unspecified atom stereocenters. The first-order chi connectivity index (χ1) is 7.72. The summed E-state index contributed by atoms with van der Waals surface area (Å²) in [6, 6.07) is 11.7. The second kappa shape index (κ2) is 4.54. The lowest BCUT2D eigenvalue weighted by Gasteiger charge is -2.08. The number of ether oxygens (including phenoxy) is 1. The summed E-state index contributed by atoms with van der Waals surface area (Å²) < 4.78 is 6.18. The maximum atomic E-state index is 8.47. The summed E-state index contributed by atoms with van der Waals surface area (Å²) >= 11 is 3.48. The molecule has 0 amide bonds. The molecule has 2 nitrogen and oxygen atoms in total. The predicted molar refractivity (Wildman–Crippen MR) is 67.2 cm³/mol. The Morgan fingerprint density at radius 2 is 2.12 bits per heavy atom. The largest absolute Gasteiger partial charge is 0.478 e. The number of nitriles is 1. The first-order valence-electron chi connectivity index (χ1n) is 4.76. The Kier molecular flexibility index (Phi) is 3.12. The standard InChI is InChI=1S/C13H9BrNO/c1-9-2-4-11-10(8-9)3-5-12(13(11)14)16-7-6-15/h2-5,8H,1,7H2. The third-order valence-electron chi connectivity index (χ3n) is 2.28. The summed E-state index contributed by atoms with van der Waals surface area (Å²) in [4.78, 5) is 0. The maximum Gasteiger partial charge on any atom is 0.174 e. The summed E-state index contributed by atoms with van der Waals surface area (Å²) in [5, 5.41) is 10.6. The molecular weight excluding hydrogens is 266 g/mol. The summed E-state index contributed by atoms with van der Waals surface area (Å²) in [7, 11) is 0. The number of halogens is 1. The molecule has 0 heterocycles. The van der Waals surface area contributed by atoms with Crippen LogP contribution in [-0.2, 0) is 0 Å². The van der Waals surface area contributed by atoms with Gasteiger partial charge >= 0.3 is 0 Å². The van der Waals surface area contributed by atoms with E-state index in [1.165, 1.54) is 0 Å². The van der Waals surface area contributed by atoms with Crippen LogP contribution in [0.1, 0.15) is 5.56 Å². The van der Waals surface area contributed by atoms with Gasteiger partial charge in [0.2, 0.25) is 0 Å². The molecule has 0 spiro atoms. The molecule has 0 aliphatic rings. The lowest BCUT2D eigenvalue weighted by molar-refractivity contribution is 0.366. The quantitative estimate of drug-likeness (QED) is 0.837. The van der Waals surface area contributed by atoms with E-state index < -0.39 is 0 Å². The zero-order valence-electron chi connectivity index (χ0n) is 8.53. The van der Waals surface area contributed by atoms with Crippen molar-refractivity contribution in [3.05, 3.63) is 47.3 Å². The van der Waals surface area contributed by atoms with Crippen molar-refractivity contribution in [3.63, 3.8) is 0 Å². The van der Waals surface area contributed by atoms with Crippen molar-refractivity contribution in [2.45, 2.75) is 0 Å². The van der Waals surface area contributed by atoms with Gasteiger partial charge in [0.05, 0.1) is 4.47 Å². The number of hydrogen-bond donors (Lipinski definition) is 0. The van der Waals surface area contributed by atoms with Crippen molar-refractivity contribution in [1.29, 1.82) is 5.26 Å². The van der Waals surface area contributed by atoms with Crippen LogP contribution in [0.25, 0.3) is 10.8 Å². The highest BCUT2D eigenvalue weighted by atomic mass is 79.9. The molecule has 2 rings (SSSR count). The Morgan fingerprint density at radius 1 is 1.31 bits per heavy atom. The van der Waals surface area contributed by atoms with Gasteiger partial charge in [-0.15, -0.1) is 0 Å². The number of fused-ring (bicyclic) bond motifs is 1. The Labute approximate surface area is 103 Å². The smallest absolute Gasteiger partial charge is 0.174 e. The molecule has 0 aromatic heterocycles. The molecule has 0 bridgehead atoms. The second-order valence-electron chi connectivity index (χ2n) is 3.38. The van der Waals surface area contributed by atoms with Gasteiger partial charge in [0.15, 0.2) is 6.61 Å². The fourth-order valence-electron chi connectivity index (χ4n) is 1.54. The topological polar surface area (TPSA) is 33.0 Å². The molecule has 79 valence electrons. The molecule has 0 aliphatic carbocycles. The van der Waals surface area contributed by atoms with Crippen molar-refractivity contribution >= 4 is 26.7 Å². The van der Waals surface area contributed by atoms with Crippen LogP contribution in [0, 0.1) is 18.3 Å². The molecule has 0 fully saturated rings. The van der Waals surface area contributed by atoms with E-state index in [0.717, 1.165) is 20.8 Å². The van der Waals surface area contributed by atoms with Gasteiger partial charge < -0.3 is 4.74 Å². The van der Waals surface area contributed by atoms with E-state index in [9.17, 15) is 0 Å². The van der Waals surface area contributed by atoms with E-state index >= 15 is 0 Å². The van der Waals surface area contributed by atoms with E-state index in [0.29, 0.717) is 5.75 Å². The van der Waals surface area contributed by atoms with Crippen molar-refractivity contribution in [2.75, 3.05) is 6.61 Å². The Balaban J connectivity index is 2.53. The summed E-state index contributed by atoms with van der Waals surface area (Å²) in [6.07, 6.45) is 0. The predicted octanol–water partition coefficient (Wildman–Crippen LogP) is 3.69. The van der Waals surface area contributed by atoms with Crippen molar-refractivity contribution in [3.8, 4) is 11.8 Å². The SMILES string of the molecule is [CH2]c1ccc2c(Br)c(OCC#N)ccc2c1. The van der Waals surface area contributed by atoms with E-state index in [1.807, 2.05) is 36.4 Å². The number of benzene rings is 2. The second-order valence-corrected chi connectivity index (χ2v) is 4.17. The third kappa shape index (κ3) is 2.02. The third-order valence-corrected chi connectivity index (χ3v) is 3.09. The first kappa shape index (κ1) is 11.0. The fraction of sp³-hybridized carbons (Fsp3) is 0.0769. The van der Waals surface area contributed by atoms with Crippen LogP contribution in [-0.4, -0.2) is 6.61 Å². The van der Waals surface area contributed by atoms with Crippen LogP contribution in [0.2, 0.25) is 0 Å². The highest BCUT2D eigenvalue weighted by Crippen LogP contribution is 2.33. The molecule has 16 heavy (non-hydrogen) atoms. The van der Waals surface area contributed by atoms with Gasteiger partial charge in [0, 0.05) is 0 Å². The van der Waals surface area contributed by atoms with Crippen LogP contribution in [0.3, 0.4) is 0 Å². The van der Waals surface area contributed by atoms with Crippen LogP contribution in [0.5, 0.6) is 5.75 Å². The highest BCUT2D eigenvalue weighted by Gasteiger charge is 2.05. The van der Waals surface area contributed by atoms with Crippen LogP contribution in [0.15, 0.2) is 34.8 Å². The van der Waals surface area contributed by atoms with Gasteiger partial charge in [-0.05, 0) is 45.3 Å². The minimum absolute atomic E-state index is 0.0531. The molecule has 0 atom stereocenters. The average molecular weight is 275 g/mol. The van der Waals surface area contributed by atoms with Gasteiger partial charge in [-0.2, -0.15) is 5.26 Å². The number of rotatable bonds is 2. The molecule has 1 radical (unpaired) electrons. The Bertz CT molecular complexity index is 572. The minimum atomic E-state index is 0.0531. The van der Waals surface area contributed by atoms with Crippen LogP contribution < -0.4 is 4.74 Å². The molecule has 2 aromatic carbocycles. The first-order valence-corrected chi connectivity index (χ1v) is 5.55. The summed E-state index contributed by atoms with van der Waals surface area (Å²) in [5.41, 5.74) is 0.977. The fourth-order valence-corrected chi connectivity index (χ4v) is 2.15. The molecule has 0 aliphatic heterocycles. The zero-order chi connectivity index (χ0) is 11.5. The molecule has 0 saturated carbocycles.